The molecule has 132 valence electrons. The van der Waals surface area contributed by atoms with Gasteiger partial charge in [-0.1, -0.05) is 23.7 Å². The maximum atomic E-state index is 12.5. The van der Waals surface area contributed by atoms with Gasteiger partial charge in [-0.2, -0.15) is 0 Å². The molecule has 2 amide bonds. The molecule has 1 saturated heterocycles. The minimum atomic E-state index is -0.617. The molecule has 0 atom stereocenters. The van der Waals surface area contributed by atoms with Gasteiger partial charge in [0.2, 0.25) is 0 Å². The summed E-state index contributed by atoms with van der Waals surface area (Å²) in [5, 5.41) is 12.6. The topological polar surface area (TPSA) is 102 Å². The standard InChI is InChI=1S/C17H12ClN3O5/c1-26-15-6-5-10(8-14(15)21(24)25)7-13-16(22)19-20(17(13)23)12-4-2-3-11(18)9-12/h2-9H,1H3,(H,19,22). The molecule has 2 aromatic carbocycles. The number of ether oxygens (including phenoxy) is 1. The lowest BCUT2D eigenvalue weighted by molar-refractivity contribution is -0.385. The number of nitro groups is 1. The Balaban J connectivity index is 1.97. The second-order valence-corrected chi connectivity index (χ2v) is 5.74. The first-order chi connectivity index (χ1) is 12.4. The van der Waals surface area contributed by atoms with E-state index < -0.39 is 16.7 Å². The zero-order valence-corrected chi connectivity index (χ0v) is 14.2. The van der Waals surface area contributed by atoms with Gasteiger partial charge in [0.15, 0.2) is 5.75 Å². The van der Waals surface area contributed by atoms with Crippen LogP contribution in [0.1, 0.15) is 5.56 Å². The van der Waals surface area contributed by atoms with E-state index >= 15 is 0 Å². The molecule has 0 radical (unpaired) electrons. The molecule has 1 aliphatic rings. The molecule has 1 fully saturated rings. The molecule has 0 aromatic heterocycles. The summed E-state index contributed by atoms with van der Waals surface area (Å²) in [6.45, 7) is 0. The van der Waals surface area contributed by atoms with Crippen molar-refractivity contribution in [3.8, 4) is 5.75 Å². The number of hydrazine groups is 1. The molecule has 26 heavy (non-hydrogen) atoms. The van der Waals surface area contributed by atoms with Crippen LogP contribution in [-0.4, -0.2) is 23.8 Å². The van der Waals surface area contributed by atoms with Crippen LogP contribution in [0.2, 0.25) is 5.02 Å². The lowest BCUT2D eigenvalue weighted by Crippen LogP contribution is -2.35. The summed E-state index contributed by atoms with van der Waals surface area (Å²) < 4.78 is 4.93. The molecule has 1 N–H and O–H groups in total. The normalized spacial score (nSPS) is 15.3. The van der Waals surface area contributed by atoms with Gasteiger partial charge >= 0.3 is 5.69 Å². The number of benzene rings is 2. The number of methoxy groups -OCH3 is 1. The van der Waals surface area contributed by atoms with Gasteiger partial charge in [0.25, 0.3) is 11.8 Å². The van der Waals surface area contributed by atoms with Gasteiger partial charge in [-0.05, 0) is 35.9 Å². The third-order valence-corrected chi connectivity index (χ3v) is 3.90. The number of hydrogen-bond acceptors (Lipinski definition) is 5. The fourth-order valence-electron chi connectivity index (χ4n) is 2.46. The average molecular weight is 374 g/mol. The zero-order valence-electron chi connectivity index (χ0n) is 13.4. The fraction of sp³-hybridized carbons (Fsp3) is 0.0588. The predicted octanol–water partition coefficient (Wildman–Crippen LogP) is 2.72. The number of amides is 2. The third kappa shape index (κ3) is 3.22. The highest BCUT2D eigenvalue weighted by Crippen LogP contribution is 2.29. The number of halogens is 1. The van der Waals surface area contributed by atoms with E-state index in [1.54, 1.807) is 18.2 Å². The van der Waals surface area contributed by atoms with Crippen molar-refractivity contribution in [3.63, 3.8) is 0 Å². The van der Waals surface area contributed by atoms with Crippen LogP contribution in [0.4, 0.5) is 11.4 Å². The third-order valence-electron chi connectivity index (χ3n) is 3.67. The monoisotopic (exact) mass is 373 g/mol. The van der Waals surface area contributed by atoms with E-state index in [1.807, 2.05) is 0 Å². The smallest absolute Gasteiger partial charge is 0.311 e. The van der Waals surface area contributed by atoms with Crippen LogP contribution < -0.4 is 15.2 Å². The van der Waals surface area contributed by atoms with Gasteiger partial charge in [0, 0.05) is 11.1 Å². The number of nitro benzene ring substituents is 1. The summed E-state index contributed by atoms with van der Waals surface area (Å²) in [7, 11) is 1.32. The summed E-state index contributed by atoms with van der Waals surface area (Å²) in [5.74, 6) is -1.12. The number of hydrogen-bond donors (Lipinski definition) is 1. The molecular formula is C17H12ClN3O5. The Kier molecular flexibility index (Phi) is 4.59. The highest BCUT2D eigenvalue weighted by atomic mass is 35.5. The maximum Gasteiger partial charge on any atom is 0.311 e. The molecule has 9 heteroatoms. The fourth-order valence-corrected chi connectivity index (χ4v) is 2.65. The second kappa shape index (κ2) is 6.85. The van der Waals surface area contributed by atoms with Crippen LogP contribution >= 0.6 is 11.6 Å². The van der Waals surface area contributed by atoms with Crippen LogP contribution in [0.15, 0.2) is 48.0 Å². The Labute approximate surface area is 152 Å². The second-order valence-electron chi connectivity index (χ2n) is 5.31. The number of nitrogens with zero attached hydrogens (tertiary/aromatic N) is 2. The van der Waals surface area contributed by atoms with Crippen molar-refractivity contribution in [2.45, 2.75) is 0 Å². The highest BCUT2D eigenvalue weighted by Gasteiger charge is 2.34. The SMILES string of the molecule is COc1ccc(C=C2C(=O)NN(c3cccc(Cl)c3)C2=O)cc1[N+](=O)[O-]. The molecule has 1 heterocycles. The molecule has 3 rings (SSSR count). The Morgan fingerprint density at radius 1 is 1.23 bits per heavy atom. The van der Waals surface area contributed by atoms with Crippen molar-refractivity contribution in [2.24, 2.45) is 0 Å². The van der Waals surface area contributed by atoms with Crippen molar-refractivity contribution < 1.29 is 19.2 Å². The van der Waals surface area contributed by atoms with Crippen LogP contribution in [0.5, 0.6) is 5.75 Å². The molecule has 0 bridgehead atoms. The minimum Gasteiger partial charge on any atom is -0.490 e. The molecule has 1 aliphatic heterocycles. The van der Waals surface area contributed by atoms with Gasteiger partial charge in [-0.3, -0.25) is 25.1 Å². The predicted molar refractivity (Wildman–Crippen MR) is 94.7 cm³/mol. The van der Waals surface area contributed by atoms with Gasteiger partial charge in [0.05, 0.1) is 17.7 Å². The van der Waals surface area contributed by atoms with E-state index in [0.29, 0.717) is 16.3 Å². The van der Waals surface area contributed by atoms with Crippen LogP contribution in [0.25, 0.3) is 6.08 Å². The Hall–Kier alpha value is -3.39. The van der Waals surface area contributed by atoms with Crippen molar-refractivity contribution in [2.75, 3.05) is 12.1 Å². The Morgan fingerprint density at radius 3 is 2.65 bits per heavy atom. The number of carbonyl (C=O) groups excluding carboxylic acids is 2. The quantitative estimate of drug-likeness (QED) is 0.384. The summed E-state index contributed by atoms with van der Waals surface area (Å²) in [6.07, 6.45) is 1.29. The lowest BCUT2D eigenvalue weighted by Gasteiger charge is -2.14. The van der Waals surface area contributed by atoms with Crippen molar-refractivity contribution in [3.05, 3.63) is 68.7 Å². The molecule has 8 nitrogen and oxygen atoms in total. The van der Waals surface area contributed by atoms with Gasteiger partial charge in [0.1, 0.15) is 5.57 Å². The maximum absolute atomic E-state index is 12.5. The van der Waals surface area contributed by atoms with E-state index in [4.69, 9.17) is 16.3 Å². The molecule has 0 aliphatic carbocycles. The number of carbonyl (C=O) groups is 2. The lowest BCUT2D eigenvalue weighted by atomic mass is 10.1. The Bertz CT molecular complexity index is 957. The van der Waals surface area contributed by atoms with Gasteiger partial charge in [-0.25, -0.2) is 5.01 Å². The average Bonchev–Trinajstić information content (AvgIpc) is 2.90. The largest absolute Gasteiger partial charge is 0.490 e. The van der Waals surface area contributed by atoms with E-state index in [-0.39, 0.29) is 17.0 Å². The Morgan fingerprint density at radius 2 is 2.00 bits per heavy atom. The van der Waals surface area contributed by atoms with Crippen molar-refractivity contribution in [1.29, 1.82) is 0 Å². The molecule has 0 unspecified atom stereocenters. The van der Waals surface area contributed by atoms with Gasteiger partial charge < -0.3 is 4.74 Å². The first-order valence-electron chi connectivity index (χ1n) is 7.36. The summed E-state index contributed by atoms with van der Waals surface area (Å²) >= 11 is 5.91. The first-order valence-corrected chi connectivity index (χ1v) is 7.73. The van der Waals surface area contributed by atoms with E-state index in [9.17, 15) is 19.7 Å². The van der Waals surface area contributed by atoms with Gasteiger partial charge in [-0.15, -0.1) is 0 Å². The van der Waals surface area contributed by atoms with E-state index in [2.05, 4.69) is 5.43 Å². The zero-order chi connectivity index (χ0) is 18.8. The first kappa shape index (κ1) is 17.4. The minimum absolute atomic E-state index is 0.0832. The summed E-state index contributed by atoms with van der Waals surface area (Å²) in [4.78, 5) is 35.2. The van der Waals surface area contributed by atoms with Crippen molar-refractivity contribution in [1.82, 2.24) is 5.43 Å². The van der Waals surface area contributed by atoms with Crippen LogP contribution in [-0.2, 0) is 9.59 Å². The van der Waals surface area contributed by atoms with E-state index in [1.165, 1.54) is 37.5 Å². The molecule has 0 spiro atoms. The molecular weight excluding hydrogens is 362 g/mol. The number of nitrogens with one attached hydrogen (secondary N) is 1. The van der Waals surface area contributed by atoms with Crippen molar-refractivity contribution >= 4 is 40.9 Å². The van der Waals surface area contributed by atoms with Crippen LogP contribution in [0.3, 0.4) is 0 Å². The van der Waals surface area contributed by atoms with E-state index in [0.717, 1.165) is 5.01 Å². The van der Waals surface area contributed by atoms with Crippen LogP contribution in [0, 0.1) is 10.1 Å². The number of anilines is 1. The number of rotatable bonds is 4. The summed E-state index contributed by atoms with van der Waals surface area (Å²) in [5.41, 5.74) is 2.75. The summed E-state index contributed by atoms with van der Waals surface area (Å²) in [6, 6.07) is 10.6. The highest BCUT2D eigenvalue weighted by molar-refractivity contribution is 6.33. The molecule has 0 saturated carbocycles. The molecule has 2 aromatic rings.